The van der Waals surface area contributed by atoms with Crippen LogP contribution in [-0.2, 0) is 11.8 Å². The van der Waals surface area contributed by atoms with Gasteiger partial charge < -0.3 is 10.6 Å². The van der Waals surface area contributed by atoms with Crippen LogP contribution in [0.15, 0.2) is 36.7 Å². The van der Waals surface area contributed by atoms with E-state index in [0.717, 1.165) is 45.8 Å². The van der Waals surface area contributed by atoms with Crippen molar-refractivity contribution >= 4 is 39.3 Å². The molecule has 0 aliphatic heterocycles. The molecule has 1 amide bonds. The first kappa shape index (κ1) is 18.1. The fourth-order valence-corrected chi connectivity index (χ4v) is 3.32. The molecule has 0 radical (unpaired) electrons. The molecule has 1 aliphatic rings. The lowest BCUT2D eigenvalue weighted by molar-refractivity contribution is -0.117. The molecule has 30 heavy (non-hydrogen) atoms. The molecule has 1 fully saturated rings. The summed E-state index contributed by atoms with van der Waals surface area (Å²) in [5, 5.41) is 15.8. The van der Waals surface area contributed by atoms with Gasteiger partial charge in [-0.3, -0.25) is 4.79 Å². The number of rotatable bonds is 3. The number of aryl methyl sites for hydroxylation is 1. The summed E-state index contributed by atoms with van der Waals surface area (Å²) in [5.74, 6) is 7.79. The molecule has 8 nitrogen and oxygen atoms in total. The molecular weight excluding hydrogens is 378 g/mol. The molecule has 3 aromatic heterocycles. The van der Waals surface area contributed by atoms with Gasteiger partial charge in [0.2, 0.25) is 5.91 Å². The van der Waals surface area contributed by atoms with Crippen molar-refractivity contribution in [2.75, 3.05) is 17.7 Å². The molecule has 0 saturated heterocycles. The van der Waals surface area contributed by atoms with Crippen LogP contribution in [0.4, 0.5) is 11.6 Å². The third-order valence-corrected chi connectivity index (χ3v) is 5.16. The summed E-state index contributed by atoms with van der Waals surface area (Å²) in [6.07, 6.45) is 5.34. The summed E-state index contributed by atoms with van der Waals surface area (Å²) >= 11 is 0. The first-order valence-electron chi connectivity index (χ1n) is 9.71. The second-order valence-corrected chi connectivity index (χ2v) is 7.32. The van der Waals surface area contributed by atoms with E-state index in [1.807, 2.05) is 38.4 Å². The van der Waals surface area contributed by atoms with Crippen LogP contribution in [0.3, 0.4) is 0 Å². The third-order valence-electron chi connectivity index (χ3n) is 5.16. The highest BCUT2D eigenvalue weighted by molar-refractivity contribution is 5.99. The van der Waals surface area contributed by atoms with E-state index in [9.17, 15) is 4.79 Å². The molecule has 0 spiro atoms. The molecule has 2 N–H and O–H groups in total. The largest absolute Gasteiger partial charge is 0.373 e. The van der Waals surface area contributed by atoms with E-state index in [0.29, 0.717) is 11.6 Å². The van der Waals surface area contributed by atoms with Gasteiger partial charge in [-0.05, 0) is 37.1 Å². The number of benzene rings is 1. The Morgan fingerprint density at radius 2 is 2.00 bits per heavy atom. The average molecular weight is 397 g/mol. The van der Waals surface area contributed by atoms with Crippen LogP contribution in [0.2, 0.25) is 0 Å². The SMILES string of the molecule is CNc1ncc(C#Cc2ccc3nnn(C)c3c2)c2cc(NC(=O)C3CC3)ncc12. The van der Waals surface area contributed by atoms with Crippen LogP contribution in [-0.4, -0.2) is 37.9 Å². The van der Waals surface area contributed by atoms with Gasteiger partial charge in [0.25, 0.3) is 0 Å². The number of nitrogens with zero attached hydrogens (tertiary/aromatic N) is 5. The van der Waals surface area contributed by atoms with Gasteiger partial charge in [0.1, 0.15) is 17.2 Å². The molecule has 4 aromatic rings. The zero-order chi connectivity index (χ0) is 20.7. The molecule has 8 heteroatoms. The predicted octanol–water partition coefficient (Wildman–Crippen LogP) is 2.70. The van der Waals surface area contributed by atoms with Gasteiger partial charge in [-0.15, -0.1) is 5.10 Å². The van der Waals surface area contributed by atoms with E-state index < -0.39 is 0 Å². The van der Waals surface area contributed by atoms with Crippen LogP contribution in [0.25, 0.3) is 21.8 Å². The predicted molar refractivity (Wildman–Crippen MR) is 115 cm³/mol. The highest BCUT2D eigenvalue weighted by atomic mass is 16.2. The van der Waals surface area contributed by atoms with Gasteiger partial charge in [-0.25, -0.2) is 14.6 Å². The molecule has 148 valence electrons. The maximum Gasteiger partial charge on any atom is 0.228 e. The first-order valence-corrected chi connectivity index (χ1v) is 9.71. The number of aromatic nitrogens is 5. The fourth-order valence-electron chi connectivity index (χ4n) is 3.32. The highest BCUT2D eigenvalue weighted by Gasteiger charge is 2.29. The second kappa shape index (κ2) is 7.12. The molecule has 1 aromatic carbocycles. The van der Waals surface area contributed by atoms with E-state index in [1.54, 1.807) is 17.1 Å². The van der Waals surface area contributed by atoms with Crippen molar-refractivity contribution in [2.24, 2.45) is 13.0 Å². The second-order valence-electron chi connectivity index (χ2n) is 7.32. The summed E-state index contributed by atoms with van der Waals surface area (Å²) < 4.78 is 1.72. The summed E-state index contributed by atoms with van der Waals surface area (Å²) in [4.78, 5) is 21.0. The summed E-state index contributed by atoms with van der Waals surface area (Å²) in [5.41, 5.74) is 3.37. The van der Waals surface area contributed by atoms with Gasteiger partial charge in [0.15, 0.2) is 0 Å². The topological polar surface area (TPSA) is 97.6 Å². The van der Waals surface area contributed by atoms with Gasteiger partial charge in [-0.1, -0.05) is 17.1 Å². The Hall–Kier alpha value is -3.99. The Labute approximate surface area is 172 Å². The number of nitrogens with one attached hydrogen (secondary N) is 2. The zero-order valence-electron chi connectivity index (χ0n) is 16.6. The Morgan fingerprint density at radius 1 is 1.13 bits per heavy atom. The Bertz CT molecular complexity index is 1360. The minimum absolute atomic E-state index is 0.0236. The summed E-state index contributed by atoms with van der Waals surface area (Å²) in [6.45, 7) is 0. The summed E-state index contributed by atoms with van der Waals surface area (Å²) in [7, 11) is 3.66. The van der Waals surface area contributed by atoms with Crippen LogP contribution in [0, 0.1) is 17.8 Å². The van der Waals surface area contributed by atoms with Gasteiger partial charge >= 0.3 is 0 Å². The lowest BCUT2D eigenvalue weighted by Crippen LogP contribution is -2.14. The number of hydrogen-bond donors (Lipinski definition) is 2. The number of carbonyl (C=O) groups excluding carboxylic acids is 1. The fraction of sp³-hybridized carbons (Fsp3) is 0.227. The summed E-state index contributed by atoms with van der Waals surface area (Å²) in [6, 6.07) is 7.64. The smallest absolute Gasteiger partial charge is 0.228 e. The van der Waals surface area contributed by atoms with Crippen LogP contribution < -0.4 is 10.6 Å². The number of carbonyl (C=O) groups is 1. The maximum absolute atomic E-state index is 12.1. The van der Waals surface area contributed by atoms with Crippen molar-refractivity contribution < 1.29 is 4.79 Å². The van der Waals surface area contributed by atoms with Crippen molar-refractivity contribution in [3.63, 3.8) is 0 Å². The molecule has 1 aliphatic carbocycles. The lowest BCUT2D eigenvalue weighted by Gasteiger charge is -2.09. The number of hydrogen-bond acceptors (Lipinski definition) is 6. The van der Waals surface area contributed by atoms with E-state index in [1.165, 1.54) is 0 Å². The quantitative estimate of drug-likeness (QED) is 0.516. The van der Waals surface area contributed by atoms with Crippen molar-refractivity contribution in [3.8, 4) is 11.8 Å². The number of anilines is 2. The van der Waals surface area contributed by atoms with Crippen molar-refractivity contribution in [3.05, 3.63) is 47.8 Å². The van der Waals surface area contributed by atoms with Crippen molar-refractivity contribution in [1.29, 1.82) is 0 Å². The Morgan fingerprint density at radius 3 is 2.80 bits per heavy atom. The van der Waals surface area contributed by atoms with Crippen LogP contribution in [0.1, 0.15) is 24.0 Å². The molecule has 5 rings (SSSR count). The van der Waals surface area contributed by atoms with E-state index in [2.05, 4.69) is 42.8 Å². The normalized spacial score (nSPS) is 13.1. The highest BCUT2D eigenvalue weighted by Crippen LogP contribution is 2.31. The molecular formula is C22H19N7O. The number of amides is 1. The Kier molecular flexibility index (Phi) is 4.29. The molecule has 0 bridgehead atoms. The van der Waals surface area contributed by atoms with E-state index >= 15 is 0 Å². The number of fused-ring (bicyclic) bond motifs is 2. The Balaban J connectivity index is 1.56. The number of pyridine rings is 2. The standard InChI is InChI=1S/C22H19N7O/c1-23-21-17-12-24-20(26-22(30)14-6-7-14)10-16(17)15(11-25-21)5-3-13-4-8-18-19(9-13)29(2)28-27-18/h4,8-12,14H,6-7H2,1-2H3,(H,23,25)(H,24,26,30). The van der Waals surface area contributed by atoms with Gasteiger partial charge in [0, 0.05) is 48.7 Å². The first-order chi connectivity index (χ1) is 14.6. The minimum atomic E-state index is 0.0236. The van der Waals surface area contributed by atoms with Crippen molar-refractivity contribution in [1.82, 2.24) is 25.0 Å². The molecule has 0 atom stereocenters. The zero-order valence-corrected chi connectivity index (χ0v) is 16.6. The van der Waals surface area contributed by atoms with Gasteiger partial charge in [-0.2, -0.15) is 0 Å². The van der Waals surface area contributed by atoms with Crippen LogP contribution in [0.5, 0.6) is 0 Å². The molecule has 1 saturated carbocycles. The van der Waals surface area contributed by atoms with Gasteiger partial charge in [0.05, 0.1) is 11.1 Å². The minimum Gasteiger partial charge on any atom is -0.373 e. The van der Waals surface area contributed by atoms with E-state index in [-0.39, 0.29) is 11.8 Å². The monoisotopic (exact) mass is 397 g/mol. The molecule has 0 unspecified atom stereocenters. The van der Waals surface area contributed by atoms with E-state index in [4.69, 9.17) is 0 Å². The molecule has 3 heterocycles. The average Bonchev–Trinajstić information content (AvgIpc) is 3.56. The van der Waals surface area contributed by atoms with Crippen LogP contribution >= 0.6 is 0 Å². The lowest BCUT2D eigenvalue weighted by atomic mass is 10.1. The maximum atomic E-state index is 12.1. The van der Waals surface area contributed by atoms with Crippen molar-refractivity contribution in [2.45, 2.75) is 12.8 Å². The third kappa shape index (κ3) is 3.31.